The summed E-state index contributed by atoms with van der Waals surface area (Å²) in [6, 6.07) is 4.18. The molecule has 122 valence electrons. The normalized spacial score (nSPS) is 34.9. The van der Waals surface area contributed by atoms with Crippen molar-refractivity contribution in [2.24, 2.45) is 23.7 Å². The van der Waals surface area contributed by atoms with E-state index >= 15 is 0 Å². The molecule has 0 aromatic carbocycles. The Morgan fingerprint density at radius 3 is 2.91 bits per heavy atom. The molecule has 4 rings (SSSR count). The van der Waals surface area contributed by atoms with Gasteiger partial charge in [0.05, 0.1) is 5.92 Å². The van der Waals surface area contributed by atoms with Gasteiger partial charge in [-0.15, -0.1) is 0 Å². The Morgan fingerprint density at radius 1 is 1.22 bits per heavy atom. The molecule has 0 bridgehead atoms. The molecule has 3 aliphatic rings. The first-order chi connectivity index (χ1) is 11.1. The Balaban J connectivity index is 1.34. The molecule has 23 heavy (non-hydrogen) atoms. The van der Waals surface area contributed by atoms with Gasteiger partial charge in [-0.25, -0.2) is 0 Å². The van der Waals surface area contributed by atoms with Crippen LogP contribution in [0.3, 0.4) is 0 Å². The van der Waals surface area contributed by atoms with Crippen molar-refractivity contribution in [2.45, 2.75) is 44.6 Å². The van der Waals surface area contributed by atoms with Crippen molar-refractivity contribution >= 4 is 11.9 Å². The van der Waals surface area contributed by atoms with Gasteiger partial charge >= 0.3 is 5.97 Å². The van der Waals surface area contributed by atoms with E-state index in [0.29, 0.717) is 11.8 Å². The smallest absolute Gasteiger partial charge is 0.306 e. The lowest BCUT2D eigenvalue weighted by atomic mass is 9.71. The van der Waals surface area contributed by atoms with Crippen LogP contribution in [0.5, 0.6) is 0 Å². The number of carbonyl (C=O) groups is 2. The molecule has 5 nitrogen and oxygen atoms in total. The van der Waals surface area contributed by atoms with E-state index in [1.54, 1.807) is 0 Å². The molecule has 0 saturated heterocycles. The maximum Gasteiger partial charge on any atom is 0.306 e. The summed E-state index contributed by atoms with van der Waals surface area (Å²) >= 11 is 0. The van der Waals surface area contributed by atoms with Gasteiger partial charge < -0.3 is 10.4 Å². The number of carbonyl (C=O) groups excluding carboxylic acids is 1. The van der Waals surface area contributed by atoms with Crippen molar-refractivity contribution in [2.75, 3.05) is 0 Å². The molecule has 3 aliphatic carbocycles. The van der Waals surface area contributed by atoms with Crippen LogP contribution in [0.2, 0.25) is 0 Å². The van der Waals surface area contributed by atoms with E-state index < -0.39 is 5.97 Å². The number of fused-ring (bicyclic) bond motifs is 2. The summed E-state index contributed by atoms with van der Waals surface area (Å²) in [5, 5.41) is 12.3. The summed E-state index contributed by atoms with van der Waals surface area (Å²) in [6.45, 7) is 0. The standard InChI is InChI=1S/C18H22N2O3/c21-17(11-3-4-15-10(6-11)2-1-5-19-15)20-16-9-12-7-13(18(22)23)8-14(12)16/h1-2,5,11-14,16H,3-4,6-9H2,(H,20,21)(H,22,23)/t11?,12-,13?,14-,16-/m1/s1. The highest BCUT2D eigenvalue weighted by Gasteiger charge is 2.50. The van der Waals surface area contributed by atoms with Crippen LogP contribution in [0.15, 0.2) is 18.3 Å². The zero-order valence-electron chi connectivity index (χ0n) is 13.1. The number of hydrogen-bond acceptors (Lipinski definition) is 3. The van der Waals surface area contributed by atoms with E-state index in [9.17, 15) is 9.59 Å². The van der Waals surface area contributed by atoms with Gasteiger partial charge in [-0.3, -0.25) is 14.6 Å². The molecule has 5 atom stereocenters. The Labute approximate surface area is 135 Å². The number of pyridine rings is 1. The Morgan fingerprint density at radius 2 is 2.09 bits per heavy atom. The SMILES string of the molecule is O=C(O)C1C[C@@H]2C[C@@H](NC(=O)C3CCc4ncccc4C3)[C@@H]2C1. The Bertz CT molecular complexity index is 645. The molecule has 0 radical (unpaired) electrons. The van der Waals surface area contributed by atoms with Gasteiger partial charge in [0.25, 0.3) is 0 Å². The van der Waals surface area contributed by atoms with E-state index in [-0.39, 0.29) is 23.8 Å². The lowest BCUT2D eigenvalue weighted by Gasteiger charge is -2.41. The second-order valence-electron chi connectivity index (χ2n) is 7.33. The van der Waals surface area contributed by atoms with E-state index in [1.165, 1.54) is 5.56 Å². The average Bonchev–Trinajstić information content (AvgIpc) is 2.89. The van der Waals surface area contributed by atoms with Gasteiger partial charge in [0.15, 0.2) is 0 Å². The van der Waals surface area contributed by atoms with E-state index in [2.05, 4.69) is 16.4 Å². The van der Waals surface area contributed by atoms with Crippen LogP contribution in [-0.2, 0) is 22.4 Å². The third-order valence-corrected chi connectivity index (χ3v) is 6.05. The van der Waals surface area contributed by atoms with Crippen molar-refractivity contribution in [1.29, 1.82) is 0 Å². The summed E-state index contributed by atoms with van der Waals surface area (Å²) in [5.41, 5.74) is 2.32. The van der Waals surface area contributed by atoms with Crippen molar-refractivity contribution < 1.29 is 14.7 Å². The largest absolute Gasteiger partial charge is 0.481 e. The molecule has 1 aromatic rings. The average molecular weight is 314 g/mol. The highest BCUT2D eigenvalue weighted by Crippen LogP contribution is 2.49. The quantitative estimate of drug-likeness (QED) is 0.891. The number of amides is 1. The third kappa shape index (κ3) is 2.62. The van der Waals surface area contributed by atoms with Crippen LogP contribution < -0.4 is 5.32 Å². The van der Waals surface area contributed by atoms with E-state index in [0.717, 1.165) is 44.2 Å². The second kappa shape index (κ2) is 5.62. The van der Waals surface area contributed by atoms with Crippen LogP contribution in [0.25, 0.3) is 0 Å². The molecule has 0 spiro atoms. The third-order valence-electron chi connectivity index (χ3n) is 6.05. The van der Waals surface area contributed by atoms with Gasteiger partial charge in [0.1, 0.15) is 0 Å². The van der Waals surface area contributed by atoms with Crippen molar-refractivity contribution in [3.05, 3.63) is 29.6 Å². The Hall–Kier alpha value is -1.91. The summed E-state index contributed by atoms with van der Waals surface area (Å²) < 4.78 is 0. The molecule has 1 heterocycles. The number of nitrogens with one attached hydrogen (secondary N) is 1. The molecule has 1 amide bonds. The number of carboxylic acid groups (broad SMARTS) is 1. The summed E-state index contributed by atoms with van der Waals surface area (Å²) in [4.78, 5) is 28.1. The predicted molar refractivity (Wildman–Crippen MR) is 83.6 cm³/mol. The summed E-state index contributed by atoms with van der Waals surface area (Å²) in [7, 11) is 0. The summed E-state index contributed by atoms with van der Waals surface area (Å²) in [6.07, 6.45) is 6.77. The first kappa shape index (κ1) is 14.7. The van der Waals surface area contributed by atoms with Crippen LogP contribution >= 0.6 is 0 Å². The van der Waals surface area contributed by atoms with Crippen molar-refractivity contribution in [1.82, 2.24) is 10.3 Å². The number of nitrogens with zero attached hydrogens (tertiary/aromatic N) is 1. The lowest BCUT2D eigenvalue weighted by Crippen LogP contribution is -2.52. The van der Waals surface area contributed by atoms with Crippen molar-refractivity contribution in [3.63, 3.8) is 0 Å². The zero-order valence-corrected chi connectivity index (χ0v) is 13.1. The number of aromatic nitrogens is 1. The fourth-order valence-corrected chi connectivity index (χ4v) is 4.68. The molecule has 5 heteroatoms. The van der Waals surface area contributed by atoms with Gasteiger partial charge in [-0.1, -0.05) is 6.07 Å². The fourth-order valence-electron chi connectivity index (χ4n) is 4.68. The van der Waals surface area contributed by atoms with E-state index in [4.69, 9.17) is 5.11 Å². The van der Waals surface area contributed by atoms with Crippen LogP contribution in [0.1, 0.15) is 36.9 Å². The predicted octanol–water partition coefficient (Wildman–Crippen LogP) is 1.80. The van der Waals surface area contributed by atoms with Crippen LogP contribution in [0, 0.1) is 23.7 Å². The minimum Gasteiger partial charge on any atom is -0.481 e. The minimum absolute atomic E-state index is 0.0300. The molecule has 2 fully saturated rings. The molecule has 1 aromatic heterocycles. The zero-order chi connectivity index (χ0) is 16.0. The second-order valence-corrected chi connectivity index (χ2v) is 7.33. The molecule has 2 saturated carbocycles. The van der Waals surface area contributed by atoms with Gasteiger partial charge in [-0.2, -0.15) is 0 Å². The number of aryl methyl sites for hydroxylation is 1. The fraction of sp³-hybridized carbons (Fsp3) is 0.611. The topological polar surface area (TPSA) is 79.3 Å². The first-order valence-electron chi connectivity index (χ1n) is 8.57. The number of carboxylic acids is 1. The molecular formula is C18H22N2O3. The molecular weight excluding hydrogens is 292 g/mol. The number of rotatable bonds is 3. The van der Waals surface area contributed by atoms with Crippen LogP contribution in [0.4, 0.5) is 0 Å². The number of hydrogen-bond donors (Lipinski definition) is 2. The van der Waals surface area contributed by atoms with Crippen LogP contribution in [-0.4, -0.2) is 28.0 Å². The van der Waals surface area contributed by atoms with Crippen molar-refractivity contribution in [3.8, 4) is 0 Å². The van der Waals surface area contributed by atoms with Gasteiger partial charge in [0.2, 0.25) is 5.91 Å². The number of aliphatic carboxylic acids is 1. The highest BCUT2D eigenvalue weighted by atomic mass is 16.4. The summed E-state index contributed by atoms with van der Waals surface area (Å²) in [5.74, 6) is 0.153. The highest BCUT2D eigenvalue weighted by molar-refractivity contribution is 5.80. The molecule has 2 unspecified atom stereocenters. The maximum absolute atomic E-state index is 12.6. The lowest BCUT2D eigenvalue weighted by molar-refractivity contribution is -0.141. The van der Waals surface area contributed by atoms with E-state index in [1.807, 2.05) is 12.3 Å². The maximum atomic E-state index is 12.6. The molecule has 2 N–H and O–H groups in total. The first-order valence-corrected chi connectivity index (χ1v) is 8.57. The minimum atomic E-state index is -0.680. The Kier molecular flexibility index (Phi) is 3.58. The van der Waals surface area contributed by atoms with Gasteiger partial charge in [0, 0.05) is 23.9 Å². The molecule has 0 aliphatic heterocycles. The monoisotopic (exact) mass is 314 g/mol. The van der Waals surface area contributed by atoms with Gasteiger partial charge in [-0.05, 0) is 62.0 Å².